The molecule has 14 atom stereocenters. The molecule has 0 aromatic rings. The summed E-state index contributed by atoms with van der Waals surface area (Å²) in [6.45, 7) is 14.1. The summed E-state index contributed by atoms with van der Waals surface area (Å²) in [7, 11) is 18.0. The highest BCUT2D eigenvalue weighted by Gasteiger charge is 2.39. The number of nitrogens with zero attached hydrogens (tertiary/aromatic N) is 8. The molecule has 14 saturated heterocycles. The Hall–Kier alpha value is -0.480. The predicted molar refractivity (Wildman–Crippen MR) is 285 cm³/mol. The third kappa shape index (κ3) is 13.6. The van der Waals surface area contributed by atoms with Crippen molar-refractivity contribution < 1.29 is 0 Å². The first-order valence-corrected chi connectivity index (χ1v) is 29.5. The molecule has 0 aromatic heterocycles. The molecule has 16 aliphatic rings. The molecule has 392 valence electrons. The zero-order chi connectivity index (χ0) is 47.3. The Morgan fingerprint density at radius 1 is 0.309 bits per heavy atom. The average Bonchev–Trinajstić information content (AvgIpc) is 4.16. The minimum atomic E-state index is 0.814. The van der Waals surface area contributed by atoms with Crippen LogP contribution in [0.4, 0.5) is 0 Å². The largest absolute Gasteiger partial charge is 0.314 e. The Labute approximate surface area is 418 Å². The summed E-state index contributed by atoms with van der Waals surface area (Å²) in [5, 5.41) is 13.9. The highest BCUT2D eigenvalue weighted by Crippen LogP contribution is 2.38. The summed E-state index contributed by atoms with van der Waals surface area (Å²) in [4.78, 5) is 20.0. The van der Waals surface area contributed by atoms with Gasteiger partial charge in [0.2, 0.25) is 0 Å². The summed E-state index contributed by atoms with van der Waals surface area (Å²) in [6, 6.07) is 11.5. The van der Waals surface area contributed by atoms with Crippen LogP contribution in [0.15, 0.2) is 0 Å². The molecule has 14 aliphatic heterocycles. The van der Waals surface area contributed by atoms with E-state index < -0.39 is 0 Å². The van der Waals surface area contributed by atoms with Gasteiger partial charge in [-0.15, -0.1) is 0 Å². The number of hydrogen-bond donors (Lipinski definition) is 4. The number of piperazine rings is 4. The lowest BCUT2D eigenvalue weighted by atomic mass is 10.0. The van der Waals surface area contributed by atoms with Crippen LogP contribution in [0.2, 0.25) is 0 Å². The molecular formula is C56H108N12. The van der Waals surface area contributed by atoms with Crippen molar-refractivity contribution in [2.45, 2.75) is 213 Å². The fourth-order valence-corrected chi connectivity index (χ4v) is 16.7. The fraction of sp³-hybridized carbons (Fsp3) is 1.00. The van der Waals surface area contributed by atoms with Gasteiger partial charge in [-0.3, -0.25) is 4.90 Å². The van der Waals surface area contributed by atoms with E-state index in [-0.39, 0.29) is 0 Å². The van der Waals surface area contributed by atoms with Gasteiger partial charge in [0, 0.05) is 151 Å². The van der Waals surface area contributed by atoms with Crippen LogP contribution in [0.1, 0.15) is 135 Å². The van der Waals surface area contributed by atoms with Gasteiger partial charge < -0.3 is 55.6 Å². The maximum atomic E-state index is 3.58. The molecule has 14 heterocycles. The molecule has 16 rings (SSSR count). The van der Waals surface area contributed by atoms with E-state index in [4.69, 9.17) is 0 Å². The molecule has 0 radical (unpaired) electrons. The Morgan fingerprint density at radius 2 is 0.721 bits per heavy atom. The zero-order valence-corrected chi connectivity index (χ0v) is 45.4. The van der Waals surface area contributed by atoms with Crippen LogP contribution in [0.3, 0.4) is 0 Å². The molecule has 68 heavy (non-hydrogen) atoms. The Bertz CT molecular complexity index is 1330. The van der Waals surface area contributed by atoms with Gasteiger partial charge in [-0.2, -0.15) is 0 Å². The predicted octanol–water partition coefficient (Wildman–Crippen LogP) is 4.75. The first-order chi connectivity index (χ1) is 32.9. The quantitative estimate of drug-likeness (QED) is 0.271. The van der Waals surface area contributed by atoms with Crippen molar-refractivity contribution in [2.24, 2.45) is 17.8 Å². The normalized spacial score (nSPS) is 44.8. The second-order valence-electron chi connectivity index (χ2n) is 26.0. The third-order valence-electron chi connectivity index (χ3n) is 21.3. The minimum absolute atomic E-state index is 0.814. The summed E-state index contributed by atoms with van der Waals surface area (Å²) >= 11 is 0. The van der Waals surface area contributed by atoms with E-state index in [0.29, 0.717) is 0 Å². The maximum absolute atomic E-state index is 3.58. The fourth-order valence-electron chi connectivity index (χ4n) is 16.7. The van der Waals surface area contributed by atoms with Crippen molar-refractivity contribution in [3.05, 3.63) is 0 Å². The molecule has 0 spiro atoms. The number of piperidine rings is 2. The lowest BCUT2D eigenvalue weighted by molar-refractivity contribution is 0.179. The number of nitrogens with one attached hydrogen (secondary N) is 4. The SMILES string of the molecule is CN1C2CCC1CC2.CN1C2CCC1CNC2.CN1C2CCCC1CC2.CN1CC2CCC(C1)N2.CN1CC2CCC1C2.CN1CC2CCCC2C1.CN1C[C@@H]2C[C@H]1CN2.CN1C[C@H]2C[C@@H]1CN2. The minimum Gasteiger partial charge on any atom is -0.314 e. The van der Waals surface area contributed by atoms with E-state index >= 15 is 0 Å². The smallest absolute Gasteiger partial charge is 0.0233 e. The van der Waals surface area contributed by atoms with Gasteiger partial charge in [0.15, 0.2) is 0 Å². The number of likely N-dealkylation sites (tertiary alicyclic amines) is 5. The van der Waals surface area contributed by atoms with E-state index in [2.05, 4.69) is 117 Å². The van der Waals surface area contributed by atoms with Gasteiger partial charge in [0.05, 0.1) is 0 Å². The molecule has 16 fully saturated rings. The van der Waals surface area contributed by atoms with Crippen molar-refractivity contribution >= 4 is 0 Å². The molecule has 2 aliphatic carbocycles. The maximum Gasteiger partial charge on any atom is 0.0233 e. The molecule has 0 amide bonds. The molecule has 12 nitrogen and oxygen atoms in total. The van der Waals surface area contributed by atoms with Crippen LogP contribution in [-0.2, 0) is 0 Å². The Morgan fingerprint density at radius 3 is 1.04 bits per heavy atom. The van der Waals surface area contributed by atoms with Crippen molar-refractivity contribution in [2.75, 3.05) is 128 Å². The lowest BCUT2D eigenvalue weighted by Gasteiger charge is -2.31. The molecule has 12 heteroatoms. The van der Waals surface area contributed by atoms with Gasteiger partial charge >= 0.3 is 0 Å². The van der Waals surface area contributed by atoms with Crippen molar-refractivity contribution in [1.82, 2.24) is 60.5 Å². The van der Waals surface area contributed by atoms with E-state index in [9.17, 15) is 0 Å². The van der Waals surface area contributed by atoms with Crippen LogP contribution in [0.25, 0.3) is 0 Å². The number of likely N-dealkylation sites (N-methyl/N-ethyl adjacent to an activating group) is 4. The van der Waals surface area contributed by atoms with E-state index in [0.717, 1.165) is 96.3 Å². The van der Waals surface area contributed by atoms with Gasteiger partial charge in [-0.1, -0.05) is 12.8 Å². The second-order valence-corrected chi connectivity index (χ2v) is 26.0. The Balaban J connectivity index is 0.0000000971. The van der Waals surface area contributed by atoms with E-state index in [1.807, 2.05) is 0 Å². The van der Waals surface area contributed by atoms with Crippen LogP contribution in [0.5, 0.6) is 0 Å². The standard InChI is InChI=1S/2C8H15N.2C7H14N2.2C7H13N.2C6H12N2/c1-9-5-7-3-2-4-8(7)6-9;1-9-7-3-2-4-8(9)6-5-7;1-9-4-6-2-3-7(5-9)8-6;1-9-6-2-3-7(9)5-8-4-6;1-8-5-6-2-3-7(8)4-6;1-8-6-2-3-7(8)5-4-6;2*1-8-4-5-2-6(8)3-7-5/h2*7-8H,2-6H2,1H3;2*6-8H,2-5H2,1H3;2*6-7H,2-5H2,1H3;2*5-7H,2-4H2,1H3/t;;;;;;2*5-,6-/m......10/s1. The van der Waals surface area contributed by atoms with Gasteiger partial charge in [0.25, 0.3) is 0 Å². The molecule has 10 unspecified atom stereocenters. The number of hydrogen-bond acceptors (Lipinski definition) is 12. The molecule has 2 saturated carbocycles. The monoisotopic (exact) mass is 949 g/mol. The van der Waals surface area contributed by atoms with Crippen LogP contribution < -0.4 is 21.3 Å². The third-order valence-corrected chi connectivity index (χ3v) is 21.3. The van der Waals surface area contributed by atoms with Crippen LogP contribution in [0, 0.1) is 17.8 Å². The molecule has 14 bridgehead atoms. The molecule has 0 aromatic carbocycles. The molecule has 4 N–H and O–H groups in total. The molecular weight excluding hydrogens is 841 g/mol. The van der Waals surface area contributed by atoms with E-state index in [1.54, 1.807) is 0 Å². The first kappa shape index (κ1) is 52.4. The van der Waals surface area contributed by atoms with Gasteiger partial charge in [-0.05, 0) is 196 Å². The second kappa shape index (κ2) is 24.7. The number of fused-ring (bicyclic) bond motifs is 15. The van der Waals surface area contributed by atoms with Crippen molar-refractivity contribution in [1.29, 1.82) is 0 Å². The highest BCUT2D eigenvalue weighted by molar-refractivity contribution is 4.98. The van der Waals surface area contributed by atoms with Crippen LogP contribution in [-0.4, -0.2) is 246 Å². The first-order valence-electron chi connectivity index (χ1n) is 29.5. The average molecular weight is 950 g/mol. The summed E-state index contributed by atoms with van der Waals surface area (Å²) in [5.74, 6) is 3.23. The van der Waals surface area contributed by atoms with E-state index in [1.165, 1.54) is 207 Å². The van der Waals surface area contributed by atoms with Crippen molar-refractivity contribution in [3.63, 3.8) is 0 Å². The summed E-state index contributed by atoms with van der Waals surface area (Å²) < 4.78 is 0. The zero-order valence-electron chi connectivity index (χ0n) is 45.4. The summed E-state index contributed by atoms with van der Waals surface area (Å²) in [6.07, 6.45) is 30.6. The summed E-state index contributed by atoms with van der Waals surface area (Å²) in [5.41, 5.74) is 0. The Kier molecular flexibility index (Phi) is 19.0. The lowest BCUT2D eigenvalue weighted by Crippen LogP contribution is -2.49. The van der Waals surface area contributed by atoms with Crippen molar-refractivity contribution in [3.8, 4) is 0 Å². The van der Waals surface area contributed by atoms with Crippen LogP contribution >= 0.6 is 0 Å². The number of rotatable bonds is 0. The topological polar surface area (TPSA) is 74.0 Å². The van der Waals surface area contributed by atoms with Gasteiger partial charge in [-0.25, -0.2) is 0 Å². The highest BCUT2D eigenvalue weighted by atomic mass is 15.3. The van der Waals surface area contributed by atoms with Gasteiger partial charge in [0.1, 0.15) is 0 Å².